The Morgan fingerprint density at radius 1 is 0.686 bits per heavy atom. The number of nitrogens with zero attached hydrogens (tertiary/aromatic N) is 2. The SMILES string of the molecule is CC(C)=CCCC(C)=CCC(OC(CC=C(C)CCC=C(C)C)c1cccnc1)c1cccnc1. The standard InChI is InChI=1S/C32H44N2O/c1-25(2)11-7-13-27(5)17-19-31(29-15-9-21-33-23-29)35-32(30-16-10-22-34-24-30)20-18-28(6)14-8-12-26(3)4/h9-12,15-18,21-24,31-32H,7-8,13-14,19-20H2,1-6H3. The molecule has 0 aliphatic rings. The van der Waals surface area contributed by atoms with E-state index in [4.69, 9.17) is 4.74 Å². The Hall–Kier alpha value is -2.78. The van der Waals surface area contributed by atoms with Crippen molar-refractivity contribution in [1.29, 1.82) is 0 Å². The van der Waals surface area contributed by atoms with E-state index in [1.807, 2.05) is 36.9 Å². The summed E-state index contributed by atoms with van der Waals surface area (Å²) in [6.45, 7) is 13.1. The van der Waals surface area contributed by atoms with Crippen LogP contribution in [0.2, 0.25) is 0 Å². The summed E-state index contributed by atoms with van der Waals surface area (Å²) in [4.78, 5) is 8.73. The van der Waals surface area contributed by atoms with Gasteiger partial charge in [-0.1, -0.05) is 58.7 Å². The van der Waals surface area contributed by atoms with Crippen LogP contribution in [0, 0.1) is 0 Å². The van der Waals surface area contributed by atoms with Crippen LogP contribution < -0.4 is 0 Å². The summed E-state index contributed by atoms with van der Waals surface area (Å²) >= 11 is 0. The lowest BCUT2D eigenvalue weighted by Gasteiger charge is -2.24. The first kappa shape index (κ1) is 28.5. The fourth-order valence-electron chi connectivity index (χ4n) is 3.87. The van der Waals surface area contributed by atoms with Gasteiger partial charge in [-0.15, -0.1) is 0 Å². The van der Waals surface area contributed by atoms with Crippen molar-refractivity contribution >= 4 is 0 Å². The van der Waals surface area contributed by atoms with Crippen molar-refractivity contribution in [2.45, 2.75) is 92.3 Å². The fourth-order valence-corrected chi connectivity index (χ4v) is 3.87. The predicted octanol–water partition coefficient (Wildman–Crippen LogP) is 9.44. The van der Waals surface area contributed by atoms with Crippen LogP contribution in [0.25, 0.3) is 0 Å². The molecular formula is C32H44N2O. The van der Waals surface area contributed by atoms with Gasteiger partial charge in [0.05, 0.1) is 12.2 Å². The van der Waals surface area contributed by atoms with Crippen LogP contribution in [0.15, 0.2) is 95.6 Å². The molecule has 2 atom stereocenters. The molecule has 0 radical (unpaired) electrons. The molecule has 0 fully saturated rings. The van der Waals surface area contributed by atoms with Gasteiger partial charge in [0.1, 0.15) is 0 Å². The molecule has 2 aromatic heterocycles. The molecule has 0 amide bonds. The first-order valence-electron chi connectivity index (χ1n) is 12.9. The van der Waals surface area contributed by atoms with Crippen molar-refractivity contribution in [3.05, 3.63) is 107 Å². The molecule has 188 valence electrons. The fraction of sp³-hybridized carbons (Fsp3) is 0.438. The third kappa shape index (κ3) is 12.0. The molecule has 35 heavy (non-hydrogen) atoms. The van der Waals surface area contributed by atoms with Crippen LogP contribution in [-0.4, -0.2) is 9.97 Å². The lowest BCUT2D eigenvalue weighted by atomic mass is 10.0. The zero-order valence-electron chi connectivity index (χ0n) is 22.6. The van der Waals surface area contributed by atoms with E-state index in [1.54, 1.807) is 0 Å². The minimum absolute atomic E-state index is 0.0633. The summed E-state index contributed by atoms with van der Waals surface area (Å²) < 4.78 is 6.82. The molecule has 2 heterocycles. The van der Waals surface area contributed by atoms with E-state index in [2.05, 4.69) is 87.9 Å². The van der Waals surface area contributed by atoms with Crippen LogP contribution in [0.5, 0.6) is 0 Å². The summed E-state index contributed by atoms with van der Waals surface area (Å²) in [5.74, 6) is 0. The van der Waals surface area contributed by atoms with Crippen LogP contribution in [0.3, 0.4) is 0 Å². The van der Waals surface area contributed by atoms with Crippen molar-refractivity contribution in [3.8, 4) is 0 Å². The number of rotatable bonds is 14. The average Bonchev–Trinajstić information content (AvgIpc) is 2.84. The van der Waals surface area contributed by atoms with Gasteiger partial charge >= 0.3 is 0 Å². The smallest absolute Gasteiger partial charge is 0.0882 e. The Balaban J connectivity index is 2.20. The van der Waals surface area contributed by atoms with Gasteiger partial charge in [0.2, 0.25) is 0 Å². The molecule has 2 rings (SSSR count). The lowest BCUT2D eigenvalue weighted by molar-refractivity contribution is -0.0126. The zero-order chi connectivity index (χ0) is 25.5. The molecular weight excluding hydrogens is 428 g/mol. The molecule has 0 aliphatic carbocycles. The summed E-state index contributed by atoms with van der Waals surface area (Å²) in [5.41, 5.74) is 7.76. The van der Waals surface area contributed by atoms with Crippen molar-refractivity contribution in [2.75, 3.05) is 0 Å². The molecule has 3 nitrogen and oxygen atoms in total. The van der Waals surface area contributed by atoms with Crippen molar-refractivity contribution in [1.82, 2.24) is 9.97 Å². The van der Waals surface area contributed by atoms with E-state index >= 15 is 0 Å². The summed E-state index contributed by atoms with van der Waals surface area (Å²) in [7, 11) is 0. The maximum Gasteiger partial charge on any atom is 0.0882 e. The van der Waals surface area contributed by atoms with E-state index in [1.165, 1.54) is 22.3 Å². The van der Waals surface area contributed by atoms with E-state index in [0.717, 1.165) is 49.7 Å². The Morgan fingerprint density at radius 2 is 1.11 bits per heavy atom. The van der Waals surface area contributed by atoms with Gasteiger partial charge in [0.25, 0.3) is 0 Å². The monoisotopic (exact) mass is 472 g/mol. The highest BCUT2D eigenvalue weighted by molar-refractivity contribution is 5.18. The van der Waals surface area contributed by atoms with Gasteiger partial charge in [-0.2, -0.15) is 0 Å². The Morgan fingerprint density at radius 3 is 1.46 bits per heavy atom. The quantitative estimate of drug-likeness (QED) is 0.257. The second-order valence-electron chi connectivity index (χ2n) is 9.90. The second-order valence-corrected chi connectivity index (χ2v) is 9.90. The number of ether oxygens (including phenoxy) is 1. The van der Waals surface area contributed by atoms with E-state index in [9.17, 15) is 0 Å². The predicted molar refractivity (Wildman–Crippen MR) is 149 cm³/mol. The van der Waals surface area contributed by atoms with Crippen LogP contribution >= 0.6 is 0 Å². The van der Waals surface area contributed by atoms with Crippen molar-refractivity contribution in [2.24, 2.45) is 0 Å². The van der Waals surface area contributed by atoms with Gasteiger partial charge < -0.3 is 4.74 Å². The molecule has 0 bridgehead atoms. The van der Waals surface area contributed by atoms with Gasteiger partial charge in [0, 0.05) is 24.8 Å². The van der Waals surface area contributed by atoms with Gasteiger partial charge in [-0.05, 0) is 103 Å². The number of hydrogen-bond donors (Lipinski definition) is 0. The minimum Gasteiger partial charge on any atom is -0.365 e. The summed E-state index contributed by atoms with van der Waals surface area (Å²) in [6.07, 6.45) is 22.6. The van der Waals surface area contributed by atoms with Gasteiger partial charge in [-0.25, -0.2) is 0 Å². The zero-order valence-corrected chi connectivity index (χ0v) is 22.6. The number of pyridine rings is 2. The second kappa shape index (κ2) is 16.0. The normalized spacial score (nSPS) is 13.8. The van der Waals surface area contributed by atoms with Crippen LogP contribution in [0.1, 0.15) is 103 Å². The van der Waals surface area contributed by atoms with Crippen molar-refractivity contribution in [3.63, 3.8) is 0 Å². The van der Waals surface area contributed by atoms with Gasteiger partial charge in [-0.3, -0.25) is 9.97 Å². The summed E-state index contributed by atoms with van der Waals surface area (Å²) in [6, 6.07) is 8.21. The number of allylic oxidation sites excluding steroid dienone is 6. The first-order chi connectivity index (χ1) is 16.8. The highest BCUT2D eigenvalue weighted by atomic mass is 16.5. The van der Waals surface area contributed by atoms with Crippen LogP contribution in [-0.2, 0) is 4.74 Å². The molecule has 0 saturated carbocycles. The molecule has 2 aromatic rings. The van der Waals surface area contributed by atoms with Crippen molar-refractivity contribution < 1.29 is 4.74 Å². The van der Waals surface area contributed by atoms with E-state index < -0.39 is 0 Å². The van der Waals surface area contributed by atoms with E-state index in [0.29, 0.717) is 0 Å². The molecule has 0 aliphatic heterocycles. The average molecular weight is 473 g/mol. The number of aromatic nitrogens is 2. The third-order valence-corrected chi connectivity index (χ3v) is 5.98. The Bertz CT molecular complexity index is 897. The molecule has 0 spiro atoms. The molecule has 0 saturated heterocycles. The maximum atomic E-state index is 6.82. The largest absolute Gasteiger partial charge is 0.365 e. The molecule has 2 unspecified atom stereocenters. The minimum atomic E-state index is -0.0633. The molecule has 0 N–H and O–H groups in total. The Labute approximate surface area is 213 Å². The Kier molecular flexibility index (Phi) is 13.0. The highest BCUT2D eigenvalue weighted by Gasteiger charge is 2.19. The topological polar surface area (TPSA) is 35.0 Å². The third-order valence-electron chi connectivity index (χ3n) is 5.98. The van der Waals surface area contributed by atoms with Gasteiger partial charge in [0.15, 0.2) is 0 Å². The molecule has 0 aromatic carbocycles. The maximum absolute atomic E-state index is 6.82. The highest BCUT2D eigenvalue weighted by Crippen LogP contribution is 2.32. The lowest BCUT2D eigenvalue weighted by Crippen LogP contribution is -2.11. The first-order valence-corrected chi connectivity index (χ1v) is 12.9. The molecule has 3 heteroatoms. The summed E-state index contributed by atoms with van der Waals surface area (Å²) in [5, 5.41) is 0. The number of hydrogen-bond acceptors (Lipinski definition) is 3. The van der Waals surface area contributed by atoms with Crippen LogP contribution in [0.4, 0.5) is 0 Å². The van der Waals surface area contributed by atoms with E-state index in [-0.39, 0.29) is 12.2 Å².